The van der Waals surface area contributed by atoms with Crippen LogP contribution in [-0.2, 0) is 76.0 Å². The number of benzene rings is 1. The first-order valence-corrected chi connectivity index (χ1v) is 24.6. The van der Waals surface area contributed by atoms with E-state index in [0.29, 0.717) is 172 Å². The summed E-state index contributed by atoms with van der Waals surface area (Å²) in [5.41, 5.74) is 0.377. The summed E-state index contributed by atoms with van der Waals surface area (Å²) in [4.78, 5) is 63.7. The summed E-state index contributed by atoms with van der Waals surface area (Å²) in [5, 5.41) is 4.91. The van der Waals surface area contributed by atoms with Crippen LogP contribution in [0.3, 0.4) is 0 Å². The number of anilines is 1. The molecule has 69 heavy (non-hydrogen) atoms. The highest BCUT2D eigenvalue weighted by atomic mass is 16.6. The Morgan fingerprint density at radius 2 is 0.884 bits per heavy atom. The summed E-state index contributed by atoms with van der Waals surface area (Å²) in [7, 11) is 0. The quantitative estimate of drug-likeness (QED) is 0.0706. The highest BCUT2D eigenvalue weighted by Crippen LogP contribution is 2.32. The molecule has 0 aliphatic carbocycles. The van der Waals surface area contributed by atoms with Crippen LogP contribution in [-0.4, -0.2) is 212 Å². The van der Waals surface area contributed by atoms with Crippen molar-refractivity contribution in [2.75, 3.05) is 177 Å². The van der Waals surface area contributed by atoms with Crippen molar-refractivity contribution in [1.82, 2.24) is 10.2 Å². The second-order valence-electron chi connectivity index (χ2n) is 15.7. The lowest BCUT2D eigenvalue weighted by molar-refractivity contribution is -0.136. The normalized spacial score (nSPS) is 14.8. The van der Waals surface area contributed by atoms with Crippen LogP contribution in [0.25, 0.3) is 0 Å². The molecule has 0 saturated carbocycles. The van der Waals surface area contributed by atoms with E-state index >= 15 is 0 Å². The minimum absolute atomic E-state index is 0.0263. The predicted molar refractivity (Wildman–Crippen MR) is 250 cm³/mol. The fourth-order valence-corrected chi connectivity index (χ4v) is 6.69. The van der Waals surface area contributed by atoms with E-state index in [4.69, 9.17) is 61.6 Å². The Bertz CT molecular complexity index is 1540. The Morgan fingerprint density at radius 3 is 1.26 bits per heavy atom. The Morgan fingerprint density at radius 1 is 0.507 bits per heavy atom. The summed E-state index contributed by atoms with van der Waals surface area (Å²) in [6.07, 6.45) is 5.94. The van der Waals surface area contributed by atoms with Crippen molar-refractivity contribution >= 4 is 35.2 Å². The average molecular weight is 986 g/mol. The molecule has 3 rings (SSSR count). The molecule has 2 aliphatic rings. The van der Waals surface area contributed by atoms with E-state index < -0.39 is 29.7 Å². The third kappa shape index (κ3) is 28.2. The molecule has 1 aromatic rings. The Hall–Kier alpha value is -3.55. The molecule has 0 radical (unpaired) electrons. The zero-order chi connectivity index (χ0) is 49.3. The Labute approximate surface area is 407 Å². The highest BCUT2D eigenvalue weighted by molar-refractivity contribution is 6.26. The number of nitrogens with one attached hydrogen (secondary N) is 2. The highest BCUT2D eigenvalue weighted by Gasteiger charge is 2.45. The Balaban J connectivity index is 0.950. The minimum atomic E-state index is -1.08. The molecule has 1 fully saturated rings. The molecule has 1 atom stereocenters. The maximum atomic E-state index is 13.2. The van der Waals surface area contributed by atoms with E-state index in [1.54, 1.807) is 12.1 Å². The summed E-state index contributed by atoms with van der Waals surface area (Å²) >= 11 is 0. The number of ether oxygens (including phenoxy) is 13. The monoisotopic (exact) mass is 986 g/mol. The summed E-state index contributed by atoms with van der Waals surface area (Å²) < 4.78 is 71.6. The number of imide groups is 2. The van der Waals surface area contributed by atoms with Gasteiger partial charge < -0.3 is 66.9 Å². The second-order valence-corrected chi connectivity index (χ2v) is 15.7. The average Bonchev–Trinajstić information content (AvgIpc) is 3.60. The van der Waals surface area contributed by atoms with Crippen LogP contribution >= 0.6 is 0 Å². The van der Waals surface area contributed by atoms with E-state index in [1.807, 2.05) is 0 Å². The molecule has 2 heterocycles. The van der Waals surface area contributed by atoms with Crippen molar-refractivity contribution in [3.63, 3.8) is 0 Å². The van der Waals surface area contributed by atoms with Crippen LogP contribution in [0.5, 0.6) is 0 Å². The summed E-state index contributed by atoms with van der Waals surface area (Å²) in [6, 6.07) is 3.53. The minimum Gasteiger partial charge on any atom is -0.379 e. The predicted octanol–water partition coefficient (Wildman–Crippen LogP) is 2.99. The van der Waals surface area contributed by atoms with Crippen molar-refractivity contribution in [3.8, 4) is 0 Å². The van der Waals surface area contributed by atoms with Crippen molar-refractivity contribution in [2.24, 2.45) is 0 Å². The third-order valence-electron chi connectivity index (χ3n) is 10.3. The summed E-state index contributed by atoms with van der Waals surface area (Å²) in [5.74, 6) is -2.72. The van der Waals surface area contributed by atoms with Crippen LogP contribution < -0.4 is 10.6 Å². The largest absolute Gasteiger partial charge is 0.379 e. The van der Waals surface area contributed by atoms with Gasteiger partial charge in [-0.15, -0.1) is 0 Å². The van der Waals surface area contributed by atoms with Gasteiger partial charge in [0.05, 0.1) is 175 Å². The van der Waals surface area contributed by atoms with Crippen LogP contribution in [0.2, 0.25) is 0 Å². The molecule has 21 heteroatoms. The van der Waals surface area contributed by atoms with Crippen LogP contribution in [0.1, 0.15) is 85.4 Å². The van der Waals surface area contributed by atoms with Gasteiger partial charge in [0.2, 0.25) is 17.7 Å². The maximum absolute atomic E-state index is 13.2. The number of rotatable bonds is 48. The van der Waals surface area contributed by atoms with Gasteiger partial charge >= 0.3 is 0 Å². The topological polar surface area (TPSA) is 233 Å². The third-order valence-corrected chi connectivity index (χ3v) is 10.3. The first-order valence-electron chi connectivity index (χ1n) is 24.6. The van der Waals surface area contributed by atoms with Gasteiger partial charge in [0.1, 0.15) is 6.04 Å². The van der Waals surface area contributed by atoms with Crippen molar-refractivity contribution in [1.29, 1.82) is 0 Å². The number of nitrogens with zero attached hydrogens (tertiary/aromatic N) is 1. The van der Waals surface area contributed by atoms with E-state index in [2.05, 4.69) is 17.6 Å². The van der Waals surface area contributed by atoms with Gasteiger partial charge in [0.15, 0.2) is 0 Å². The molecular formula is C48H79N3O18. The molecule has 2 N–H and O–H groups in total. The zero-order valence-corrected chi connectivity index (χ0v) is 40.9. The van der Waals surface area contributed by atoms with E-state index in [-0.39, 0.29) is 42.0 Å². The number of fused-ring (bicyclic) bond motifs is 1. The van der Waals surface area contributed by atoms with E-state index in [0.717, 1.165) is 30.8 Å². The fourth-order valence-electron chi connectivity index (χ4n) is 6.69. The SMILES string of the molecule is CCCCCOCCOCCOCCOCCOCCOCCOCCOCCOCCOCCOCCOCCOCCCCCC(=O)Nc1cccc2c1C(=O)N(C1CCC(=O)NC1=O)C2=O. The van der Waals surface area contributed by atoms with Gasteiger partial charge in [-0.05, 0) is 37.8 Å². The molecule has 394 valence electrons. The van der Waals surface area contributed by atoms with E-state index in [1.165, 1.54) is 18.9 Å². The van der Waals surface area contributed by atoms with Crippen molar-refractivity contribution in [2.45, 2.75) is 70.8 Å². The number of unbranched alkanes of at least 4 members (excludes halogenated alkanes) is 4. The molecule has 0 bridgehead atoms. The van der Waals surface area contributed by atoms with Crippen LogP contribution in [0.15, 0.2) is 18.2 Å². The molecule has 2 aliphatic heterocycles. The van der Waals surface area contributed by atoms with Crippen molar-refractivity contribution in [3.05, 3.63) is 29.3 Å². The molecule has 1 unspecified atom stereocenters. The lowest BCUT2D eigenvalue weighted by Crippen LogP contribution is -2.54. The second kappa shape index (κ2) is 41.1. The van der Waals surface area contributed by atoms with Gasteiger partial charge in [-0.3, -0.25) is 34.2 Å². The Kier molecular flexibility index (Phi) is 35.6. The van der Waals surface area contributed by atoms with Gasteiger partial charge in [-0.2, -0.15) is 0 Å². The first-order chi connectivity index (χ1) is 33.9. The molecule has 1 aromatic carbocycles. The first kappa shape index (κ1) is 59.8. The number of amides is 5. The van der Waals surface area contributed by atoms with Gasteiger partial charge in [0, 0.05) is 26.1 Å². The van der Waals surface area contributed by atoms with Crippen LogP contribution in [0.4, 0.5) is 5.69 Å². The summed E-state index contributed by atoms with van der Waals surface area (Å²) in [6.45, 7) is 15.3. The molecule has 5 amide bonds. The van der Waals surface area contributed by atoms with Crippen LogP contribution in [0, 0.1) is 0 Å². The molecule has 0 aromatic heterocycles. The molecular weight excluding hydrogens is 907 g/mol. The maximum Gasteiger partial charge on any atom is 0.264 e. The van der Waals surface area contributed by atoms with Gasteiger partial charge in [-0.1, -0.05) is 32.3 Å². The zero-order valence-electron chi connectivity index (χ0n) is 40.9. The number of carbonyl (C=O) groups is 5. The lowest BCUT2D eigenvalue weighted by atomic mass is 10.0. The molecule has 0 spiro atoms. The van der Waals surface area contributed by atoms with Gasteiger partial charge in [-0.25, -0.2) is 0 Å². The number of piperidine rings is 1. The smallest absolute Gasteiger partial charge is 0.264 e. The number of hydrogen-bond donors (Lipinski definition) is 2. The van der Waals surface area contributed by atoms with Crippen molar-refractivity contribution < 1.29 is 85.6 Å². The molecule has 21 nitrogen and oxygen atoms in total. The van der Waals surface area contributed by atoms with Gasteiger partial charge in [0.25, 0.3) is 11.8 Å². The fraction of sp³-hybridized carbons (Fsp3) is 0.771. The van der Waals surface area contributed by atoms with E-state index in [9.17, 15) is 24.0 Å². The lowest BCUT2D eigenvalue weighted by Gasteiger charge is -2.27. The molecule has 1 saturated heterocycles. The number of hydrogen-bond acceptors (Lipinski definition) is 18. The number of carbonyl (C=O) groups excluding carboxylic acids is 5. The standard InChI is InChI=1S/C48H79N3O18/c1-2-3-6-14-57-16-18-59-20-22-61-24-26-63-28-30-65-32-34-67-36-38-69-39-37-68-35-33-66-31-29-64-27-25-62-23-21-60-19-17-58-15-7-4-5-11-43(52)49-41-10-8-9-40-45(41)48(56)51(47(40)55)42-12-13-44(53)50-46(42)54/h8-10,42H,2-7,11-39H2,1H3,(H,49,52)(H,50,53,54).